The normalized spacial score (nSPS) is 24.0. The molecule has 0 saturated carbocycles. The number of carbonyl (C=O) groups excluding carboxylic acids is 1. The van der Waals surface area contributed by atoms with Crippen molar-refractivity contribution in [1.82, 2.24) is 0 Å². The predicted octanol–water partition coefficient (Wildman–Crippen LogP) is 3.10. The molecule has 1 heteroatoms. The van der Waals surface area contributed by atoms with Crippen LogP contribution in [0.2, 0.25) is 0 Å². The van der Waals surface area contributed by atoms with E-state index in [1.54, 1.807) is 0 Å². The van der Waals surface area contributed by atoms with Crippen molar-refractivity contribution < 1.29 is 4.79 Å². The van der Waals surface area contributed by atoms with Gasteiger partial charge in [0.1, 0.15) is 0 Å². The van der Waals surface area contributed by atoms with Crippen LogP contribution in [0, 0.1) is 5.92 Å². The second kappa shape index (κ2) is 4.44. The molecule has 0 saturated heterocycles. The molecule has 0 bridgehead atoms. The van der Waals surface area contributed by atoms with Gasteiger partial charge in [-0.3, -0.25) is 4.79 Å². The van der Waals surface area contributed by atoms with Gasteiger partial charge in [-0.2, -0.15) is 0 Å². The first kappa shape index (κ1) is 9.50. The summed E-state index contributed by atoms with van der Waals surface area (Å²) in [5.74, 6) is 0.974. The van der Waals surface area contributed by atoms with E-state index in [4.69, 9.17) is 0 Å². The van der Waals surface area contributed by atoms with Crippen LogP contribution in [0.4, 0.5) is 0 Å². The molecule has 0 unspecified atom stereocenters. The lowest BCUT2D eigenvalue weighted by atomic mass is 9.85. The van der Waals surface area contributed by atoms with Gasteiger partial charge in [-0.1, -0.05) is 25.3 Å². The van der Waals surface area contributed by atoms with Crippen molar-refractivity contribution >= 4 is 5.78 Å². The lowest BCUT2D eigenvalue weighted by Gasteiger charge is -2.19. The molecular formula is C11H18O. The molecule has 1 aliphatic carbocycles. The minimum atomic E-state index is 0.333. The summed E-state index contributed by atoms with van der Waals surface area (Å²) >= 11 is 0. The second-order valence-electron chi connectivity index (χ2n) is 3.87. The highest BCUT2D eigenvalue weighted by molar-refractivity contribution is 5.91. The summed E-state index contributed by atoms with van der Waals surface area (Å²) in [6.07, 6.45) is 7.48. The maximum absolute atomic E-state index is 11.2. The van der Waals surface area contributed by atoms with E-state index in [1.165, 1.54) is 24.8 Å². The number of allylic oxidation sites excluding steroid dienone is 2. The summed E-state index contributed by atoms with van der Waals surface area (Å²) in [4.78, 5) is 11.2. The van der Waals surface area contributed by atoms with Crippen molar-refractivity contribution in [1.29, 1.82) is 0 Å². The van der Waals surface area contributed by atoms with E-state index in [0.29, 0.717) is 11.7 Å². The molecule has 0 aliphatic heterocycles. The molecular weight excluding hydrogens is 148 g/mol. The number of hydrogen-bond donors (Lipinski definition) is 0. The van der Waals surface area contributed by atoms with Gasteiger partial charge in [0.25, 0.3) is 0 Å². The third-order valence-corrected chi connectivity index (χ3v) is 2.47. The molecule has 12 heavy (non-hydrogen) atoms. The minimum absolute atomic E-state index is 0.333. The smallest absolute Gasteiger partial charge is 0.155 e. The Morgan fingerprint density at radius 2 is 2.25 bits per heavy atom. The highest BCUT2D eigenvalue weighted by Gasteiger charge is 2.17. The summed E-state index contributed by atoms with van der Waals surface area (Å²) in [5, 5.41) is 0. The van der Waals surface area contributed by atoms with Crippen molar-refractivity contribution in [2.45, 2.75) is 46.0 Å². The fraction of sp³-hybridized carbons (Fsp3) is 0.727. The fourth-order valence-corrected chi connectivity index (χ4v) is 1.90. The SMILES string of the molecule is CCCC[C@@H]1CC(=O)C=C(C)C1. The Morgan fingerprint density at radius 1 is 1.50 bits per heavy atom. The first-order chi connectivity index (χ1) is 5.72. The maximum Gasteiger partial charge on any atom is 0.155 e. The van der Waals surface area contributed by atoms with Gasteiger partial charge >= 0.3 is 0 Å². The molecule has 0 aromatic heterocycles. The Hall–Kier alpha value is -0.590. The Balaban J connectivity index is 2.39. The zero-order chi connectivity index (χ0) is 8.97. The van der Waals surface area contributed by atoms with Gasteiger partial charge in [0.2, 0.25) is 0 Å². The summed E-state index contributed by atoms with van der Waals surface area (Å²) in [5.41, 5.74) is 1.27. The van der Waals surface area contributed by atoms with E-state index in [2.05, 4.69) is 13.8 Å². The van der Waals surface area contributed by atoms with E-state index in [9.17, 15) is 4.79 Å². The molecule has 0 radical (unpaired) electrons. The number of unbranched alkanes of at least 4 members (excludes halogenated alkanes) is 1. The lowest BCUT2D eigenvalue weighted by molar-refractivity contribution is -0.116. The lowest BCUT2D eigenvalue weighted by Crippen LogP contribution is -2.12. The Morgan fingerprint density at radius 3 is 2.83 bits per heavy atom. The van der Waals surface area contributed by atoms with Crippen LogP contribution in [-0.4, -0.2) is 5.78 Å². The monoisotopic (exact) mass is 166 g/mol. The Bertz CT molecular complexity index is 191. The Labute approximate surface area is 74.9 Å². The van der Waals surface area contributed by atoms with Gasteiger partial charge < -0.3 is 0 Å². The summed E-state index contributed by atoms with van der Waals surface area (Å²) in [6.45, 7) is 4.27. The van der Waals surface area contributed by atoms with Gasteiger partial charge in [-0.25, -0.2) is 0 Å². The van der Waals surface area contributed by atoms with Crippen molar-refractivity contribution in [3.05, 3.63) is 11.6 Å². The molecule has 0 amide bonds. The molecule has 1 aliphatic rings. The average molecular weight is 166 g/mol. The van der Waals surface area contributed by atoms with Gasteiger partial charge in [0.05, 0.1) is 0 Å². The molecule has 0 fully saturated rings. The summed E-state index contributed by atoms with van der Waals surface area (Å²) < 4.78 is 0. The highest BCUT2D eigenvalue weighted by Crippen LogP contribution is 2.25. The van der Waals surface area contributed by atoms with Crippen molar-refractivity contribution in [2.75, 3.05) is 0 Å². The van der Waals surface area contributed by atoms with Crippen LogP contribution in [-0.2, 0) is 4.79 Å². The fourth-order valence-electron chi connectivity index (χ4n) is 1.90. The largest absolute Gasteiger partial charge is 0.295 e. The molecule has 0 heterocycles. The number of rotatable bonds is 3. The molecule has 1 rings (SSSR count). The average Bonchev–Trinajstić information content (AvgIpc) is 1.99. The molecule has 1 atom stereocenters. The molecule has 0 aromatic rings. The third-order valence-electron chi connectivity index (χ3n) is 2.47. The minimum Gasteiger partial charge on any atom is -0.295 e. The highest BCUT2D eigenvalue weighted by atomic mass is 16.1. The van der Waals surface area contributed by atoms with Gasteiger partial charge in [-0.05, 0) is 31.8 Å². The second-order valence-corrected chi connectivity index (χ2v) is 3.87. The van der Waals surface area contributed by atoms with Gasteiger partial charge in [0, 0.05) is 6.42 Å². The zero-order valence-corrected chi connectivity index (χ0v) is 8.10. The van der Waals surface area contributed by atoms with Crippen LogP contribution in [0.3, 0.4) is 0 Å². The quantitative estimate of drug-likeness (QED) is 0.629. The number of carbonyl (C=O) groups is 1. The molecule has 0 spiro atoms. The van der Waals surface area contributed by atoms with Crippen molar-refractivity contribution in [3.63, 3.8) is 0 Å². The number of hydrogen-bond acceptors (Lipinski definition) is 1. The van der Waals surface area contributed by atoms with Crippen LogP contribution < -0.4 is 0 Å². The van der Waals surface area contributed by atoms with Crippen molar-refractivity contribution in [3.8, 4) is 0 Å². The molecule has 0 N–H and O–H groups in total. The van der Waals surface area contributed by atoms with E-state index in [0.717, 1.165) is 12.8 Å². The summed E-state index contributed by atoms with van der Waals surface area (Å²) in [6, 6.07) is 0. The van der Waals surface area contributed by atoms with E-state index < -0.39 is 0 Å². The molecule has 1 nitrogen and oxygen atoms in total. The summed E-state index contributed by atoms with van der Waals surface area (Å²) in [7, 11) is 0. The third kappa shape index (κ3) is 2.80. The molecule has 68 valence electrons. The topological polar surface area (TPSA) is 17.1 Å². The van der Waals surface area contributed by atoms with E-state index in [1.807, 2.05) is 6.08 Å². The molecule has 0 aromatic carbocycles. The van der Waals surface area contributed by atoms with Crippen LogP contribution in [0.25, 0.3) is 0 Å². The van der Waals surface area contributed by atoms with Crippen molar-refractivity contribution in [2.24, 2.45) is 5.92 Å². The van der Waals surface area contributed by atoms with E-state index >= 15 is 0 Å². The van der Waals surface area contributed by atoms with Crippen LogP contribution in [0.15, 0.2) is 11.6 Å². The first-order valence-corrected chi connectivity index (χ1v) is 4.92. The van der Waals surface area contributed by atoms with Crippen LogP contribution in [0.1, 0.15) is 46.0 Å². The van der Waals surface area contributed by atoms with Crippen LogP contribution >= 0.6 is 0 Å². The maximum atomic E-state index is 11.2. The number of ketones is 1. The zero-order valence-electron chi connectivity index (χ0n) is 8.10. The van der Waals surface area contributed by atoms with Gasteiger partial charge in [-0.15, -0.1) is 0 Å². The standard InChI is InChI=1S/C11H18O/c1-3-4-5-10-6-9(2)7-11(12)8-10/h7,10H,3-6,8H2,1-2H3/t10-/m0/s1. The van der Waals surface area contributed by atoms with E-state index in [-0.39, 0.29) is 0 Å². The predicted molar refractivity (Wildman–Crippen MR) is 51.0 cm³/mol. The Kier molecular flexibility index (Phi) is 3.51. The van der Waals surface area contributed by atoms with Crippen LogP contribution in [0.5, 0.6) is 0 Å². The first-order valence-electron chi connectivity index (χ1n) is 4.92. The van der Waals surface area contributed by atoms with Gasteiger partial charge in [0.15, 0.2) is 5.78 Å².